The zero-order valence-electron chi connectivity index (χ0n) is 15.7. The van der Waals surface area contributed by atoms with Crippen LogP contribution in [0.2, 0.25) is 0 Å². The van der Waals surface area contributed by atoms with Gasteiger partial charge < -0.3 is 14.8 Å². The van der Waals surface area contributed by atoms with Crippen LogP contribution >= 0.6 is 0 Å². The van der Waals surface area contributed by atoms with Crippen LogP contribution in [0.3, 0.4) is 0 Å². The van der Waals surface area contributed by atoms with Gasteiger partial charge in [-0.25, -0.2) is 0 Å². The fourth-order valence-corrected chi connectivity index (χ4v) is 1.58. The molecule has 0 saturated carbocycles. The van der Waals surface area contributed by atoms with Gasteiger partial charge in [-0.2, -0.15) is 0 Å². The summed E-state index contributed by atoms with van der Waals surface area (Å²) >= 11 is 0. The number of hydrogen-bond donors (Lipinski definition) is 2. The fourth-order valence-electron chi connectivity index (χ4n) is 1.58. The average Bonchev–Trinajstić information content (AvgIpc) is 2.35. The monoisotopic (exact) mass is 316 g/mol. The van der Waals surface area contributed by atoms with Crippen molar-refractivity contribution in [1.29, 1.82) is 0 Å². The van der Waals surface area contributed by atoms with Gasteiger partial charge in [0.25, 0.3) is 0 Å². The van der Waals surface area contributed by atoms with Crippen molar-refractivity contribution in [2.75, 3.05) is 19.9 Å². The standard InChI is InChI=1S/C17H36N2O3/c1-13(2)15(20)18-10-9-16(5,6)21-11-17(7,8)22-12-19-14(3)4/h13-14,19H,9-12H2,1-8H3,(H,18,20). The zero-order valence-corrected chi connectivity index (χ0v) is 15.7. The van der Waals surface area contributed by atoms with Crippen molar-refractivity contribution in [3.8, 4) is 0 Å². The Labute approximate surface area is 136 Å². The zero-order chi connectivity index (χ0) is 17.4. The molecule has 2 N–H and O–H groups in total. The molecule has 5 nitrogen and oxygen atoms in total. The van der Waals surface area contributed by atoms with Gasteiger partial charge in [0.05, 0.1) is 24.5 Å². The maximum atomic E-state index is 11.5. The summed E-state index contributed by atoms with van der Waals surface area (Å²) < 4.78 is 11.8. The largest absolute Gasteiger partial charge is 0.373 e. The summed E-state index contributed by atoms with van der Waals surface area (Å²) in [4.78, 5) is 11.5. The Hall–Kier alpha value is -0.650. The maximum Gasteiger partial charge on any atom is 0.222 e. The second-order valence-electron chi connectivity index (χ2n) is 7.65. The Morgan fingerprint density at radius 2 is 1.59 bits per heavy atom. The molecule has 132 valence electrons. The minimum absolute atomic E-state index is 0.0184. The summed E-state index contributed by atoms with van der Waals surface area (Å²) in [5, 5.41) is 6.15. The Kier molecular flexibility index (Phi) is 9.20. The van der Waals surface area contributed by atoms with Gasteiger partial charge in [-0.1, -0.05) is 13.8 Å². The van der Waals surface area contributed by atoms with Gasteiger partial charge >= 0.3 is 0 Å². The quantitative estimate of drug-likeness (QED) is 0.575. The van der Waals surface area contributed by atoms with Crippen LogP contribution in [0.25, 0.3) is 0 Å². The van der Waals surface area contributed by atoms with E-state index in [-0.39, 0.29) is 23.0 Å². The number of carbonyl (C=O) groups is 1. The molecule has 0 heterocycles. The van der Waals surface area contributed by atoms with E-state index < -0.39 is 0 Å². The highest BCUT2D eigenvalue weighted by Gasteiger charge is 2.25. The molecule has 0 saturated heterocycles. The van der Waals surface area contributed by atoms with Gasteiger partial charge in [0, 0.05) is 18.5 Å². The molecule has 0 aliphatic heterocycles. The van der Waals surface area contributed by atoms with E-state index in [9.17, 15) is 4.79 Å². The summed E-state index contributed by atoms with van der Waals surface area (Å²) in [6.45, 7) is 17.7. The summed E-state index contributed by atoms with van der Waals surface area (Å²) in [5.74, 6) is 0.101. The van der Waals surface area contributed by atoms with Gasteiger partial charge in [0.15, 0.2) is 0 Å². The minimum Gasteiger partial charge on any atom is -0.373 e. The highest BCUT2D eigenvalue weighted by atomic mass is 16.6. The van der Waals surface area contributed by atoms with Crippen LogP contribution < -0.4 is 10.6 Å². The Morgan fingerprint density at radius 1 is 1.00 bits per heavy atom. The molecule has 22 heavy (non-hydrogen) atoms. The number of rotatable bonds is 11. The summed E-state index contributed by atoms with van der Waals surface area (Å²) in [7, 11) is 0. The first-order valence-corrected chi connectivity index (χ1v) is 8.24. The molecule has 0 rings (SSSR count). The third-order valence-corrected chi connectivity index (χ3v) is 3.32. The van der Waals surface area contributed by atoms with E-state index in [2.05, 4.69) is 24.5 Å². The smallest absolute Gasteiger partial charge is 0.222 e. The van der Waals surface area contributed by atoms with E-state index in [0.717, 1.165) is 6.42 Å². The first-order valence-electron chi connectivity index (χ1n) is 8.24. The van der Waals surface area contributed by atoms with Gasteiger partial charge in [-0.05, 0) is 48.0 Å². The third kappa shape index (κ3) is 11.0. The van der Waals surface area contributed by atoms with Crippen molar-refractivity contribution < 1.29 is 14.3 Å². The van der Waals surface area contributed by atoms with E-state index in [0.29, 0.717) is 25.9 Å². The van der Waals surface area contributed by atoms with Crippen molar-refractivity contribution in [3.63, 3.8) is 0 Å². The van der Waals surface area contributed by atoms with Crippen LogP contribution in [0.5, 0.6) is 0 Å². The van der Waals surface area contributed by atoms with Crippen molar-refractivity contribution in [1.82, 2.24) is 10.6 Å². The predicted octanol–water partition coefficient (Wildman–Crippen LogP) is 2.69. The molecule has 0 aromatic heterocycles. The summed E-state index contributed by atoms with van der Waals surface area (Å²) in [6.07, 6.45) is 0.770. The van der Waals surface area contributed by atoms with Crippen LogP contribution in [0, 0.1) is 5.92 Å². The number of carbonyl (C=O) groups excluding carboxylic acids is 1. The topological polar surface area (TPSA) is 59.6 Å². The maximum absolute atomic E-state index is 11.5. The second kappa shape index (κ2) is 9.48. The molecule has 1 amide bonds. The van der Waals surface area contributed by atoms with E-state index in [1.54, 1.807) is 0 Å². The number of hydrogen-bond acceptors (Lipinski definition) is 4. The molecule has 0 fully saturated rings. The Bertz CT molecular complexity index is 326. The number of amides is 1. The molecule has 0 atom stereocenters. The lowest BCUT2D eigenvalue weighted by atomic mass is 10.0. The lowest BCUT2D eigenvalue weighted by molar-refractivity contribution is -0.129. The molecule has 0 aromatic carbocycles. The van der Waals surface area contributed by atoms with E-state index in [4.69, 9.17) is 9.47 Å². The Balaban J connectivity index is 4.05. The van der Waals surface area contributed by atoms with Crippen LogP contribution in [0.15, 0.2) is 0 Å². The highest BCUT2D eigenvalue weighted by Crippen LogP contribution is 2.18. The molecular formula is C17H36N2O3. The minimum atomic E-state index is -0.347. The van der Waals surface area contributed by atoms with Gasteiger partial charge in [0.2, 0.25) is 5.91 Å². The SMILES string of the molecule is CC(C)NCOC(C)(C)COC(C)(C)CCNC(=O)C(C)C. The summed E-state index contributed by atoms with van der Waals surface area (Å²) in [5.41, 5.74) is -0.642. The average molecular weight is 316 g/mol. The molecule has 0 radical (unpaired) electrons. The molecule has 0 bridgehead atoms. The van der Waals surface area contributed by atoms with E-state index in [1.807, 2.05) is 41.5 Å². The number of nitrogens with one attached hydrogen (secondary N) is 2. The molecule has 0 aromatic rings. The van der Waals surface area contributed by atoms with Crippen molar-refractivity contribution in [2.45, 2.75) is 79.1 Å². The van der Waals surface area contributed by atoms with Crippen LogP contribution in [0.1, 0.15) is 61.8 Å². The second-order valence-corrected chi connectivity index (χ2v) is 7.65. The fraction of sp³-hybridized carbons (Fsp3) is 0.941. The molecule has 0 spiro atoms. The van der Waals surface area contributed by atoms with Crippen LogP contribution in [0.4, 0.5) is 0 Å². The Morgan fingerprint density at radius 3 is 2.09 bits per heavy atom. The number of ether oxygens (including phenoxy) is 2. The molecule has 0 aliphatic rings. The summed E-state index contributed by atoms with van der Waals surface area (Å²) in [6, 6.07) is 0.401. The lowest BCUT2D eigenvalue weighted by Gasteiger charge is -2.32. The predicted molar refractivity (Wildman–Crippen MR) is 90.8 cm³/mol. The van der Waals surface area contributed by atoms with Gasteiger partial charge in [-0.15, -0.1) is 0 Å². The van der Waals surface area contributed by atoms with Crippen LogP contribution in [-0.4, -0.2) is 43.0 Å². The van der Waals surface area contributed by atoms with Crippen molar-refractivity contribution >= 4 is 5.91 Å². The van der Waals surface area contributed by atoms with E-state index in [1.165, 1.54) is 0 Å². The normalized spacial score (nSPS) is 13.0. The van der Waals surface area contributed by atoms with Gasteiger partial charge in [-0.3, -0.25) is 10.1 Å². The first kappa shape index (κ1) is 21.4. The molecule has 5 heteroatoms. The molecular weight excluding hydrogens is 280 g/mol. The lowest BCUT2D eigenvalue weighted by Crippen LogP contribution is -2.41. The highest BCUT2D eigenvalue weighted by molar-refractivity contribution is 5.77. The van der Waals surface area contributed by atoms with Crippen LogP contribution in [-0.2, 0) is 14.3 Å². The molecule has 0 aliphatic carbocycles. The van der Waals surface area contributed by atoms with Crippen molar-refractivity contribution in [3.05, 3.63) is 0 Å². The van der Waals surface area contributed by atoms with Gasteiger partial charge in [0.1, 0.15) is 0 Å². The third-order valence-electron chi connectivity index (χ3n) is 3.32. The van der Waals surface area contributed by atoms with Crippen molar-refractivity contribution in [2.24, 2.45) is 5.92 Å². The van der Waals surface area contributed by atoms with E-state index >= 15 is 0 Å². The first-order chi connectivity index (χ1) is 9.95. The molecule has 0 unspecified atom stereocenters.